The molecule has 0 saturated carbocycles. The number of hydrogen-bond acceptors (Lipinski definition) is 5. The molecule has 0 saturated heterocycles. The molecule has 0 aliphatic rings. The Morgan fingerprint density at radius 1 is 1.13 bits per heavy atom. The summed E-state index contributed by atoms with van der Waals surface area (Å²) < 4.78 is 9.85. The van der Waals surface area contributed by atoms with Gasteiger partial charge in [0.1, 0.15) is 0 Å². The van der Waals surface area contributed by atoms with Gasteiger partial charge in [0, 0.05) is 0 Å². The van der Waals surface area contributed by atoms with Crippen molar-refractivity contribution in [3.05, 3.63) is 48.3 Å². The second-order valence-corrected chi connectivity index (χ2v) is 2.73. The van der Waals surface area contributed by atoms with E-state index in [9.17, 15) is 4.79 Å². The van der Waals surface area contributed by atoms with Gasteiger partial charge in [-0.3, -0.25) is 4.79 Å². The van der Waals surface area contributed by atoms with Crippen molar-refractivity contribution < 1.29 is 18.8 Å². The Kier molecular flexibility index (Phi) is 2.37. The lowest BCUT2D eigenvalue weighted by atomic mass is 10.1. The molecule has 0 spiro atoms. The molecule has 0 bridgehead atoms. The number of Topliss-reactive ketones (excluding diaryl/α,β-unsaturated/α-hetero) is 1. The Morgan fingerprint density at radius 2 is 1.73 bits per heavy atom. The van der Waals surface area contributed by atoms with Crippen molar-refractivity contribution in [1.29, 1.82) is 0 Å². The van der Waals surface area contributed by atoms with Gasteiger partial charge in [-0.05, 0) is 24.3 Å². The van der Waals surface area contributed by atoms with Gasteiger partial charge in [-0.1, -0.05) is 5.16 Å². The maximum absolute atomic E-state index is 11.7. The highest BCUT2D eigenvalue weighted by Gasteiger charge is 2.21. The van der Waals surface area contributed by atoms with Gasteiger partial charge in [-0.25, -0.2) is 0 Å². The molecule has 1 N–H and O–H groups in total. The average molecular weight is 205 g/mol. The number of rotatable bonds is 3. The molecule has 76 valence electrons. The van der Waals surface area contributed by atoms with Crippen LogP contribution >= 0.6 is 0 Å². The molecule has 5 heteroatoms. The third kappa shape index (κ3) is 1.67. The molecular formula is C10H7NO4. The average Bonchev–Trinajstić information content (AvgIpc) is 2.91. The van der Waals surface area contributed by atoms with Gasteiger partial charge in [0.15, 0.2) is 17.2 Å². The molecule has 0 amide bonds. The highest BCUT2D eigenvalue weighted by Crippen LogP contribution is 2.09. The smallest absolute Gasteiger partial charge is 0.253 e. The largest absolute Gasteiger partial charge is 0.462 e. The zero-order chi connectivity index (χ0) is 10.7. The van der Waals surface area contributed by atoms with Crippen LogP contribution in [-0.2, 0) is 0 Å². The van der Waals surface area contributed by atoms with Crippen LogP contribution in [0.3, 0.4) is 0 Å². The van der Waals surface area contributed by atoms with Crippen LogP contribution in [0.4, 0.5) is 0 Å². The van der Waals surface area contributed by atoms with Gasteiger partial charge in [-0.15, -0.1) is 0 Å². The number of carbonyl (C=O) groups excluding carboxylic acids is 1. The van der Waals surface area contributed by atoms with Crippen molar-refractivity contribution in [2.45, 2.75) is 0 Å². The number of hydrogen-bond donors (Lipinski definition) is 1. The van der Waals surface area contributed by atoms with E-state index in [0.29, 0.717) is 0 Å². The minimum atomic E-state index is -0.530. The van der Waals surface area contributed by atoms with Crippen LogP contribution in [0.25, 0.3) is 0 Å². The van der Waals surface area contributed by atoms with Crippen molar-refractivity contribution in [3.8, 4) is 0 Å². The Bertz CT molecular complexity index is 468. The van der Waals surface area contributed by atoms with Crippen LogP contribution in [0.2, 0.25) is 0 Å². The van der Waals surface area contributed by atoms with Crippen molar-refractivity contribution >= 4 is 11.5 Å². The summed E-state index contributed by atoms with van der Waals surface area (Å²) in [4.78, 5) is 11.7. The van der Waals surface area contributed by atoms with Gasteiger partial charge >= 0.3 is 0 Å². The van der Waals surface area contributed by atoms with Crippen molar-refractivity contribution in [2.75, 3.05) is 0 Å². The summed E-state index contributed by atoms with van der Waals surface area (Å²) >= 11 is 0. The molecule has 2 rings (SSSR count). The van der Waals surface area contributed by atoms with Crippen LogP contribution in [0.5, 0.6) is 0 Å². The van der Waals surface area contributed by atoms with E-state index in [2.05, 4.69) is 5.16 Å². The fraction of sp³-hybridized carbons (Fsp3) is 0. The molecule has 2 aromatic heterocycles. The second-order valence-electron chi connectivity index (χ2n) is 2.73. The first-order valence-electron chi connectivity index (χ1n) is 4.17. The third-order valence-electron chi connectivity index (χ3n) is 1.81. The third-order valence-corrected chi connectivity index (χ3v) is 1.81. The maximum atomic E-state index is 11.7. The van der Waals surface area contributed by atoms with Crippen LogP contribution in [-0.4, -0.2) is 16.7 Å². The second kappa shape index (κ2) is 3.83. The Labute approximate surface area is 84.6 Å². The van der Waals surface area contributed by atoms with Gasteiger partial charge in [0.25, 0.3) is 5.78 Å². The van der Waals surface area contributed by atoms with Crippen molar-refractivity contribution in [2.24, 2.45) is 5.16 Å². The summed E-state index contributed by atoms with van der Waals surface area (Å²) in [6, 6.07) is 6.17. The van der Waals surface area contributed by atoms with Gasteiger partial charge in [0.2, 0.25) is 0 Å². The monoisotopic (exact) mass is 205 g/mol. The van der Waals surface area contributed by atoms with Crippen LogP contribution in [0, 0.1) is 0 Å². The van der Waals surface area contributed by atoms with E-state index in [1.165, 1.54) is 24.7 Å². The highest BCUT2D eigenvalue weighted by molar-refractivity contribution is 6.50. The first kappa shape index (κ1) is 9.26. The van der Waals surface area contributed by atoms with E-state index < -0.39 is 5.78 Å². The lowest BCUT2D eigenvalue weighted by molar-refractivity contribution is 0.103. The molecule has 0 fully saturated rings. The predicted octanol–water partition coefficient (Wildman–Crippen LogP) is 1.93. The quantitative estimate of drug-likeness (QED) is 0.359. The summed E-state index contributed by atoms with van der Waals surface area (Å²) in [5.41, 5.74) is -0.185. The molecular weight excluding hydrogens is 198 g/mol. The number of carbonyl (C=O) groups is 1. The number of furan rings is 2. The van der Waals surface area contributed by atoms with Crippen molar-refractivity contribution in [1.82, 2.24) is 0 Å². The summed E-state index contributed by atoms with van der Waals surface area (Å²) in [5, 5.41) is 11.6. The molecule has 0 unspecified atom stereocenters. The Hall–Kier alpha value is -2.30. The van der Waals surface area contributed by atoms with E-state index in [0.717, 1.165) is 0 Å². The SMILES string of the molecule is O=C(/C(=N/O)c1ccco1)c1ccco1. The maximum Gasteiger partial charge on any atom is 0.253 e. The first-order chi connectivity index (χ1) is 7.33. The van der Waals surface area contributed by atoms with E-state index >= 15 is 0 Å². The minimum Gasteiger partial charge on any atom is -0.462 e. The lowest BCUT2D eigenvalue weighted by Crippen LogP contribution is -2.14. The van der Waals surface area contributed by atoms with E-state index in [-0.39, 0.29) is 17.2 Å². The zero-order valence-corrected chi connectivity index (χ0v) is 7.58. The molecule has 0 aromatic carbocycles. The molecule has 0 atom stereocenters. The van der Waals surface area contributed by atoms with Gasteiger partial charge in [-0.2, -0.15) is 0 Å². The number of nitrogens with zero attached hydrogens (tertiary/aromatic N) is 1. The first-order valence-corrected chi connectivity index (χ1v) is 4.17. The Balaban J connectivity index is 2.34. The molecule has 2 aromatic rings. The van der Waals surface area contributed by atoms with Crippen molar-refractivity contribution in [3.63, 3.8) is 0 Å². The summed E-state index contributed by atoms with van der Waals surface area (Å²) in [6.45, 7) is 0. The highest BCUT2D eigenvalue weighted by atomic mass is 16.4. The molecule has 5 nitrogen and oxygen atoms in total. The van der Waals surface area contributed by atoms with Gasteiger partial charge < -0.3 is 14.0 Å². The topological polar surface area (TPSA) is 75.9 Å². The summed E-state index contributed by atoms with van der Waals surface area (Å²) in [5.74, 6) is -0.240. The van der Waals surface area contributed by atoms with E-state index in [4.69, 9.17) is 14.0 Å². The predicted molar refractivity (Wildman–Crippen MR) is 50.1 cm³/mol. The fourth-order valence-electron chi connectivity index (χ4n) is 1.14. The van der Waals surface area contributed by atoms with E-state index in [1.54, 1.807) is 12.1 Å². The van der Waals surface area contributed by atoms with Crippen LogP contribution < -0.4 is 0 Å². The molecule has 0 radical (unpaired) electrons. The standard InChI is InChI=1S/C10H7NO4/c12-10(8-4-2-6-15-8)9(11-13)7-3-1-5-14-7/h1-6,13H/b11-9+. The summed E-state index contributed by atoms with van der Waals surface area (Å²) in [6.07, 6.45) is 2.75. The van der Waals surface area contributed by atoms with E-state index in [1.807, 2.05) is 0 Å². The minimum absolute atomic E-state index is 0.0965. The molecule has 0 aliphatic carbocycles. The number of oxime groups is 1. The normalized spacial score (nSPS) is 11.6. The van der Waals surface area contributed by atoms with Crippen LogP contribution in [0.15, 0.2) is 50.8 Å². The lowest BCUT2D eigenvalue weighted by Gasteiger charge is -1.96. The fourth-order valence-corrected chi connectivity index (χ4v) is 1.14. The zero-order valence-electron chi connectivity index (χ0n) is 7.58. The molecule has 0 aliphatic heterocycles. The molecule has 2 heterocycles. The van der Waals surface area contributed by atoms with Gasteiger partial charge in [0.05, 0.1) is 12.5 Å². The van der Waals surface area contributed by atoms with Crippen LogP contribution in [0.1, 0.15) is 16.3 Å². The number of ketones is 1. The summed E-state index contributed by atoms with van der Waals surface area (Å²) in [7, 11) is 0. The Morgan fingerprint density at radius 3 is 2.20 bits per heavy atom. The molecule has 15 heavy (non-hydrogen) atoms.